The van der Waals surface area contributed by atoms with Gasteiger partial charge in [-0.25, -0.2) is 0 Å². The fourth-order valence-corrected chi connectivity index (χ4v) is 3.75. The van der Waals surface area contributed by atoms with Crippen molar-refractivity contribution in [3.63, 3.8) is 0 Å². The van der Waals surface area contributed by atoms with Gasteiger partial charge in [-0.3, -0.25) is 4.90 Å². The quantitative estimate of drug-likeness (QED) is 0.676. The minimum absolute atomic E-state index is 0.750. The van der Waals surface area contributed by atoms with Crippen LogP contribution in [0.1, 0.15) is 74.7 Å². The second-order valence-corrected chi connectivity index (χ2v) is 7.97. The lowest BCUT2D eigenvalue weighted by atomic mass is 9.82. The van der Waals surface area contributed by atoms with Crippen LogP contribution in [0.15, 0.2) is 0 Å². The third-order valence-electron chi connectivity index (χ3n) is 5.67. The zero-order chi connectivity index (χ0) is 14.8. The molecule has 1 atom stereocenters. The van der Waals surface area contributed by atoms with Gasteiger partial charge in [0, 0.05) is 18.6 Å². The van der Waals surface area contributed by atoms with Gasteiger partial charge in [-0.2, -0.15) is 0 Å². The molecule has 19 heavy (non-hydrogen) atoms. The third-order valence-corrected chi connectivity index (χ3v) is 5.67. The molecule has 1 unspecified atom stereocenters. The van der Waals surface area contributed by atoms with Gasteiger partial charge < -0.3 is 0 Å². The summed E-state index contributed by atoms with van der Waals surface area (Å²) < 4.78 is 0. The Hall–Kier alpha value is -0.0400. The molecular formula is C18H37N. The molecular weight excluding hydrogens is 230 g/mol. The summed E-state index contributed by atoms with van der Waals surface area (Å²) in [4.78, 5) is 2.59. The van der Waals surface area contributed by atoms with E-state index in [1.165, 1.54) is 25.8 Å². The number of hydrogen-bond donors (Lipinski definition) is 0. The Morgan fingerprint density at radius 3 is 1.37 bits per heavy atom. The van der Waals surface area contributed by atoms with Crippen LogP contribution in [0, 0.1) is 23.2 Å². The predicted octanol–water partition coefficient (Wildman–Crippen LogP) is 5.20. The first-order valence-corrected chi connectivity index (χ1v) is 8.48. The molecule has 0 aromatic heterocycles. The van der Waals surface area contributed by atoms with Gasteiger partial charge in [0.25, 0.3) is 0 Å². The van der Waals surface area contributed by atoms with Crippen molar-refractivity contribution in [3.05, 3.63) is 0 Å². The van der Waals surface area contributed by atoms with Crippen molar-refractivity contribution in [2.75, 3.05) is 6.54 Å². The maximum absolute atomic E-state index is 2.59. The standard InChI is InChI=1S/C9H19N.C9H18/c1-7(2)9-5-6-10(9)8(3)4;1-7(2)9(5-6-9)8(3)4/h7-9H,5-6H2,1-4H3;7-8H,5-6H2,1-4H3. The molecule has 0 bridgehead atoms. The molecule has 0 N–H and O–H groups in total. The molecule has 0 amide bonds. The average molecular weight is 268 g/mol. The summed E-state index contributed by atoms with van der Waals surface area (Å²) in [6.45, 7) is 19.9. The van der Waals surface area contributed by atoms with Crippen molar-refractivity contribution in [3.8, 4) is 0 Å². The average Bonchev–Trinajstić information content (AvgIpc) is 2.93. The molecule has 1 aliphatic heterocycles. The minimum atomic E-state index is 0.750. The van der Waals surface area contributed by atoms with Crippen LogP contribution >= 0.6 is 0 Å². The Morgan fingerprint density at radius 2 is 1.32 bits per heavy atom. The zero-order valence-electron chi connectivity index (χ0n) is 14.7. The van der Waals surface area contributed by atoms with Gasteiger partial charge in [-0.1, -0.05) is 41.5 Å². The molecule has 1 saturated heterocycles. The molecule has 2 rings (SSSR count). The fourth-order valence-electron chi connectivity index (χ4n) is 3.75. The SMILES string of the molecule is CC(C)C1(C(C)C)CC1.CC(C)C1CCN1C(C)C. The minimum Gasteiger partial charge on any atom is -0.298 e. The van der Waals surface area contributed by atoms with Crippen molar-refractivity contribution >= 4 is 0 Å². The molecule has 0 spiro atoms. The van der Waals surface area contributed by atoms with Crippen LogP contribution in [0.2, 0.25) is 0 Å². The van der Waals surface area contributed by atoms with Gasteiger partial charge in [0.2, 0.25) is 0 Å². The maximum Gasteiger partial charge on any atom is 0.0133 e. The van der Waals surface area contributed by atoms with Crippen molar-refractivity contribution < 1.29 is 0 Å². The highest BCUT2D eigenvalue weighted by atomic mass is 15.2. The van der Waals surface area contributed by atoms with E-state index in [0.717, 1.165) is 35.3 Å². The lowest BCUT2D eigenvalue weighted by Gasteiger charge is -2.46. The number of likely N-dealkylation sites (tertiary alicyclic amines) is 1. The van der Waals surface area contributed by atoms with E-state index in [9.17, 15) is 0 Å². The Labute approximate surface area is 122 Å². The van der Waals surface area contributed by atoms with Crippen LogP contribution in [0.3, 0.4) is 0 Å². The van der Waals surface area contributed by atoms with Crippen LogP contribution in [-0.4, -0.2) is 23.5 Å². The smallest absolute Gasteiger partial charge is 0.0133 e. The Morgan fingerprint density at radius 1 is 0.842 bits per heavy atom. The molecule has 1 saturated carbocycles. The Balaban J connectivity index is 0.000000191. The van der Waals surface area contributed by atoms with E-state index in [1.807, 2.05) is 0 Å². The summed E-state index contributed by atoms with van der Waals surface area (Å²) >= 11 is 0. The number of rotatable bonds is 4. The van der Waals surface area contributed by atoms with E-state index in [2.05, 4.69) is 60.3 Å². The van der Waals surface area contributed by atoms with Crippen LogP contribution in [0.25, 0.3) is 0 Å². The van der Waals surface area contributed by atoms with Crippen molar-refractivity contribution in [1.82, 2.24) is 4.90 Å². The summed E-state index contributed by atoms with van der Waals surface area (Å²) in [5, 5.41) is 0. The number of nitrogens with zero attached hydrogens (tertiary/aromatic N) is 1. The van der Waals surface area contributed by atoms with Gasteiger partial charge in [-0.15, -0.1) is 0 Å². The van der Waals surface area contributed by atoms with E-state index >= 15 is 0 Å². The lowest BCUT2D eigenvalue weighted by molar-refractivity contribution is 0.0265. The second kappa shape index (κ2) is 6.61. The molecule has 0 aromatic rings. The van der Waals surface area contributed by atoms with Gasteiger partial charge in [0.15, 0.2) is 0 Å². The van der Waals surface area contributed by atoms with E-state index < -0.39 is 0 Å². The molecule has 1 nitrogen and oxygen atoms in total. The zero-order valence-corrected chi connectivity index (χ0v) is 14.7. The van der Waals surface area contributed by atoms with Gasteiger partial charge >= 0.3 is 0 Å². The van der Waals surface area contributed by atoms with Gasteiger partial charge in [0.05, 0.1) is 0 Å². The molecule has 2 aliphatic rings. The summed E-state index contributed by atoms with van der Waals surface area (Å²) in [6.07, 6.45) is 4.36. The van der Waals surface area contributed by atoms with Crippen LogP contribution in [0.5, 0.6) is 0 Å². The van der Waals surface area contributed by atoms with E-state index in [4.69, 9.17) is 0 Å². The first-order valence-electron chi connectivity index (χ1n) is 8.48. The van der Waals surface area contributed by atoms with Crippen LogP contribution in [0.4, 0.5) is 0 Å². The highest BCUT2D eigenvalue weighted by Crippen LogP contribution is 2.57. The molecule has 2 fully saturated rings. The number of hydrogen-bond acceptors (Lipinski definition) is 1. The van der Waals surface area contributed by atoms with E-state index in [0.29, 0.717) is 0 Å². The van der Waals surface area contributed by atoms with Crippen molar-refractivity contribution in [2.45, 2.75) is 86.7 Å². The van der Waals surface area contributed by atoms with Crippen LogP contribution in [-0.2, 0) is 0 Å². The van der Waals surface area contributed by atoms with Crippen molar-refractivity contribution in [1.29, 1.82) is 0 Å². The van der Waals surface area contributed by atoms with E-state index in [-0.39, 0.29) is 0 Å². The summed E-state index contributed by atoms with van der Waals surface area (Å²) in [5.41, 5.74) is 0.750. The van der Waals surface area contributed by atoms with E-state index in [1.54, 1.807) is 0 Å². The third kappa shape index (κ3) is 3.97. The summed E-state index contributed by atoms with van der Waals surface area (Å²) in [7, 11) is 0. The molecule has 0 radical (unpaired) electrons. The Bertz CT molecular complexity index is 237. The molecule has 1 heteroatoms. The molecule has 114 valence electrons. The molecule has 1 aliphatic carbocycles. The van der Waals surface area contributed by atoms with Crippen LogP contribution < -0.4 is 0 Å². The second-order valence-electron chi connectivity index (χ2n) is 7.97. The fraction of sp³-hybridized carbons (Fsp3) is 1.00. The summed E-state index contributed by atoms with van der Waals surface area (Å²) in [5.74, 6) is 2.64. The van der Waals surface area contributed by atoms with Gasteiger partial charge in [-0.05, 0) is 56.3 Å². The topological polar surface area (TPSA) is 3.24 Å². The molecule has 0 aromatic carbocycles. The van der Waals surface area contributed by atoms with Gasteiger partial charge in [0.1, 0.15) is 0 Å². The van der Waals surface area contributed by atoms with Crippen molar-refractivity contribution in [2.24, 2.45) is 23.2 Å². The largest absolute Gasteiger partial charge is 0.298 e. The first-order chi connectivity index (χ1) is 8.72. The summed E-state index contributed by atoms with van der Waals surface area (Å²) in [6, 6.07) is 1.63. The monoisotopic (exact) mass is 267 g/mol. The lowest BCUT2D eigenvalue weighted by Crippen LogP contribution is -2.53. The highest BCUT2D eigenvalue weighted by Gasteiger charge is 2.47. The highest BCUT2D eigenvalue weighted by molar-refractivity contribution is 4.97. The maximum atomic E-state index is 2.59. The Kier molecular flexibility index (Phi) is 5.92. The predicted molar refractivity (Wildman–Crippen MR) is 86.4 cm³/mol. The molecule has 1 heterocycles. The first kappa shape index (κ1) is 17.0. The normalized spacial score (nSPS) is 25.6.